The minimum atomic E-state index is -0.321. The summed E-state index contributed by atoms with van der Waals surface area (Å²) in [6.45, 7) is 9.56. The van der Waals surface area contributed by atoms with Crippen molar-refractivity contribution in [3.63, 3.8) is 0 Å². The number of quaternary nitrogens is 2. The van der Waals surface area contributed by atoms with Gasteiger partial charge in [-0.3, -0.25) is 4.79 Å². The number of thiophene rings is 1. The third-order valence-electron chi connectivity index (χ3n) is 5.78. The van der Waals surface area contributed by atoms with Crippen molar-refractivity contribution in [3.05, 3.63) is 16.0 Å². The zero-order chi connectivity index (χ0) is 20.1. The molecule has 28 heavy (non-hydrogen) atoms. The second kappa shape index (κ2) is 9.82. The van der Waals surface area contributed by atoms with Crippen molar-refractivity contribution in [2.24, 2.45) is 5.92 Å². The molecular formula is C20H33N3O4S+2. The van der Waals surface area contributed by atoms with Crippen LogP contribution in [0.15, 0.2) is 0 Å². The summed E-state index contributed by atoms with van der Waals surface area (Å²) in [6, 6.07) is 0. The fourth-order valence-electron chi connectivity index (χ4n) is 4.20. The molecule has 0 unspecified atom stereocenters. The van der Waals surface area contributed by atoms with Crippen molar-refractivity contribution in [3.8, 4) is 0 Å². The van der Waals surface area contributed by atoms with Crippen LogP contribution in [0.25, 0.3) is 0 Å². The first-order valence-electron chi connectivity index (χ1n) is 10.4. The molecule has 2 aliphatic rings. The molecule has 0 bridgehead atoms. The molecule has 1 aromatic heterocycles. The van der Waals surface area contributed by atoms with E-state index in [1.54, 1.807) is 18.3 Å². The zero-order valence-corrected chi connectivity index (χ0v) is 17.8. The summed E-state index contributed by atoms with van der Waals surface area (Å²) >= 11 is 1.54. The number of aliphatic hydroxyl groups excluding tert-OH is 1. The molecule has 8 heteroatoms. The zero-order valence-electron chi connectivity index (χ0n) is 16.9. The quantitative estimate of drug-likeness (QED) is 0.423. The molecule has 0 aromatic carbocycles. The van der Waals surface area contributed by atoms with Gasteiger partial charge in [-0.15, -0.1) is 11.3 Å². The Balaban J connectivity index is 1.66. The molecule has 1 aliphatic carbocycles. The molecule has 1 saturated heterocycles. The van der Waals surface area contributed by atoms with Gasteiger partial charge in [-0.05, 0) is 37.7 Å². The average Bonchev–Trinajstić information content (AvgIpc) is 3.00. The van der Waals surface area contributed by atoms with Gasteiger partial charge in [0, 0.05) is 4.88 Å². The number of carbonyl (C=O) groups excluding carboxylic acids is 2. The Hall–Kier alpha value is -1.48. The number of nitrogens with one attached hydrogen (secondary N) is 3. The van der Waals surface area contributed by atoms with Crippen LogP contribution in [-0.4, -0.2) is 69.5 Å². The van der Waals surface area contributed by atoms with Gasteiger partial charge in [0.25, 0.3) is 5.91 Å². The SMILES string of the molecule is CCOC(=O)c1c(NC(=O)C[NH+]2CC[NH+](CCO)CC2)sc2c1CC[C@H](C)C2. The molecule has 1 amide bonds. The molecule has 1 atom stereocenters. The number of hydrogen-bond donors (Lipinski definition) is 4. The topological polar surface area (TPSA) is 84.5 Å². The van der Waals surface area contributed by atoms with Crippen LogP contribution in [-0.2, 0) is 22.4 Å². The van der Waals surface area contributed by atoms with E-state index in [0.717, 1.165) is 57.5 Å². The highest BCUT2D eigenvalue weighted by Gasteiger charge is 2.30. The van der Waals surface area contributed by atoms with Crippen LogP contribution in [0, 0.1) is 5.92 Å². The number of carbonyl (C=O) groups is 2. The molecule has 0 saturated carbocycles. The van der Waals surface area contributed by atoms with E-state index in [4.69, 9.17) is 9.84 Å². The van der Waals surface area contributed by atoms with Crippen LogP contribution >= 0.6 is 11.3 Å². The minimum absolute atomic E-state index is 0.0437. The maximum atomic E-state index is 12.7. The highest BCUT2D eigenvalue weighted by Crippen LogP contribution is 2.40. The summed E-state index contributed by atoms with van der Waals surface area (Å²) in [4.78, 5) is 29.1. The number of esters is 1. The minimum Gasteiger partial charge on any atom is -0.462 e. The lowest BCUT2D eigenvalue weighted by Gasteiger charge is -2.28. The molecule has 156 valence electrons. The monoisotopic (exact) mass is 411 g/mol. The average molecular weight is 412 g/mol. The van der Waals surface area contributed by atoms with Crippen LogP contribution < -0.4 is 15.1 Å². The van der Waals surface area contributed by atoms with Crippen molar-refractivity contribution in [1.82, 2.24) is 0 Å². The van der Waals surface area contributed by atoms with Crippen molar-refractivity contribution >= 4 is 28.2 Å². The van der Waals surface area contributed by atoms with Crippen molar-refractivity contribution in [1.29, 1.82) is 0 Å². The van der Waals surface area contributed by atoms with Crippen LogP contribution in [0.2, 0.25) is 0 Å². The second-order valence-electron chi connectivity index (χ2n) is 7.97. The van der Waals surface area contributed by atoms with Gasteiger partial charge in [0.1, 0.15) is 37.7 Å². The van der Waals surface area contributed by atoms with E-state index in [1.165, 1.54) is 14.7 Å². The van der Waals surface area contributed by atoms with Crippen LogP contribution in [0.4, 0.5) is 5.00 Å². The van der Waals surface area contributed by atoms with E-state index in [0.29, 0.717) is 29.6 Å². The number of amides is 1. The van der Waals surface area contributed by atoms with E-state index in [-0.39, 0.29) is 18.5 Å². The summed E-state index contributed by atoms with van der Waals surface area (Å²) in [7, 11) is 0. The standard InChI is InChI=1S/C20H31N3O4S/c1-3-27-20(26)18-15-5-4-14(2)12-16(15)28-19(18)21-17(25)13-23-8-6-22(7-9-23)10-11-24/h14,24H,3-13H2,1-2H3,(H,21,25)/p+2/t14-/m0/s1. The second-order valence-corrected chi connectivity index (χ2v) is 9.08. The fourth-order valence-corrected chi connectivity index (χ4v) is 5.61. The first-order valence-corrected chi connectivity index (χ1v) is 11.2. The maximum Gasteiger partial charge on any atom is 0.341 e. The number of fused-ring (bicyclic) bond motifs is 1. The largest absolute Gasteiger partial charge is 0.462 e. The van der Waals surface area contributed by atoms with Crippen molar-refractivity contribution < 1.29 is 29.2 Å². The first-order chi connectivity index (χ1) is 13.5. The first kappa shape index (κ1) is 21.2. The number of anilines is 1. The number of rotatable bonds is 7. The summed E-state index contributed by atoms with van der Waals surface area (Å²) in [5.74, 6) is 0.239. The van der Waals surface area contributed by atoms with Gasteiger partial charge >= 0.3 is 5.97 Å². The highest BCUT2D eigenvalue weighted by molar-refractivity contribution is 7.17. The Labute approximate surface area is 170 Å². The van der Waals surface area contributed by atoms with Crippen LogP contribution in [0.3, 0.4) is 0 Å². The van der Waals surface area contributed by atoms with Gasteiger partial charge in [0.05, 0.1) is 18.8 Å². The van der Waals surface area contributed by atoms with E-state index >= 15 is 0 Å². The molecule has 1 aliphatic heterocycles. The predicted molar refractivity (Wildman–Crippen MR) is 108 cm³/mol. The van der Waals surface area contributed by atoms with Crippen LogP contribution in [0.1, 0.15) is 41.1 Å². The lowest BCUT2D eigenvalue weighted by atomic mass is 9.88. The van der Waals surface area contributed by atoms with Gasteiger partial charge < -0.3 is 25.0 Å². The van der Waals surface area contributed by atoms with Gasteiger partial charge in [0.15, 0.2) is 6.54 Å². The summed E-state index contributed by atoms with van der Waals surface area (Å²) < 4.78 is 5.27. The van der Waals surface area contributed by atoms with E-state index in [1.807, 2.05) is 0 Å². The molecule has 4 N–H and O–H groups in total. The van der Waals surface area contributed by atoms with Crippen LogP contribution in [0.5, 0.6) is 0 Å². The van der Waals surface area contributed by atoms with Crippen molar-refractivity contribution in [2.45, 2.75) is 33.1 Å². The molecule has 1 fully saturated rings. The summed E-state index contributed by atoms with van der Waals surface area (Å²) in [5, 5.41) is 12.7. The maximum absolute atomic E-state index is 12.7. The summed E-state index contributed by atoms with van der Waals surface area (Å²) in [6.07, 6.45) is 2.90. The van der Waals surface area contributed by atoms with E-state index in [9.17, 15) is 9.59 Å². The lowest BCUT2D eigenvalue weighted by molar-refractivity contribution is -1.01. The smallest absolute Gasteiger partial charge is 0.341 e. The van der Waals surface area contributed by atoms with E-state index in [2.05, 4.69) is 12.2 Å². The lowest BCUT2D eigenvalue weighted by Crippen LogP contribution is -3.28. The molecule has 2 heterocycles. The third kappa shape index (κ3) is 5.11. The highest BCUT2D eigenvalue weighted by atomic mass is 32.1. The number of hydrogen-bond acceptors (Lipinski definition) is 5. The van der Waals surface area contributed by atoms with E-state index < -0.39 is 0 Å². The normalized spacial score (nSPS) is 24.5. The molecule has 1 aromatic rings. The molecule has 7 nitrogen and oxygen atoms in total. The van der Waals surface area contributed by atoms with Gasteiger partial charge in [-0.2, -0.15) is 0 Å². The number of aliphatic hydroxyl groups is 1. The Morgan fingerprint density at radius 1 is 1.25 bits per heavy atom. The third-order valence-corrected chi connectivity index (χ3v) is 6.95. The van der Waals surface area contributed by atoms with Gasteiger partial charge in [-0.25, -0.2) is 4.79 Å². The Morgan fingerprint density at radius 2 is 1.96 bits per heavy atom. The Morgan fingerprint density at radius 3 is 2.64 bits per heavy atom. The Bertz CT molecular complexity index is 698. The molecule has 0 radical (unpaired) electrons. The Kier molecular flexibility index (Phi) is 7.45. The van der Waals surface area contributed by atoms with Crippen molar-refractivity contribution in [2.75, 3.05) is 57.8 Å². The van der Waals surface area contributed by atoms with Gasteiger partial charge in [0.2, 0.25) is 0 Å². The predicted octanol–water partition coefficient (Wildman–Crippen LogP) is -1.24. The fraction of sp³-hybridized carbons (Fsp3) is 0.700. The number of piperazine rings is 1. The van der Waals surface area contributed by atoms with Gasteiger partial charge in [-0.1, -0.05) is 6.92 Å². The molecule has 0 spiro atoms. The number of ether oxygens (including phenoxy) is 1. The molecular weight excluding hydrogens is 378 g/mol. The summed E-state index contributed by atoms with van der Waals surface area (Å²) in [5.41, 5.74) is 1.65. The molecule has 3 rings (SSSR count).